The first-order valence-corrected chi connectivity index (χ1v) is 7.29. The Kier molecular flexibility index (Phi) is 4.18. The lowest BCUT2D eigenvalue weighted by Gasteiger charge is -2.22. The topological polar surface area (TPSA) is 56.1 Å². The van der Waals surface area contributed by atoms with Crippen molar-refractivity contribution in [1.29, 1.82) is 0 Å². The average molecular weight is 279 g/mol. The Balaban J connectivity index is 2.34. The molecular weight excluding hydrogens is 254 g/mol. The third-order valence-corrected chi connectivity index (χ3v) is 3.38. The number of rotatable bonds is 5. The first-order valence-electron chi connectivity index (χ1n) is 7.29. The monoisotopic (exact) mass is 279 g/mol. The number of carbonyl (C=O) groups is 1. The van der Waals surface area contributed by atoms with Gasteiger partial charge in [-0.3, -0.25) is 10.00 Å². The van der Waals surface area contributed by atoms with Gasteiger partial charge < -0.3 is 4.74 Å². The number of esters is 1. The molecule has 5 heteroatoms. The molecule has 0 aliphatic heterocycles. The number of ether oxygens (including phenoxy) is 1. The smallest absolute Gasteiger partial charge is 0.327 e. The lowest BCUT2D eigenvalue weighted by atomic mass is 9.87. The van der Waals surface area contributed by atoms with Crippen LogP contribution in [0.5, 0.6) is 0 Å². The van der Waals surface area contributed by atoms with Crippen molar-refractivity contribution in [1.82, 2.24) is 15.1 Å². The summed E-state index contributed by atoms with van der Waals surface area (Å²) in [5.41, 5.74) is 1.78. The number of hydrogen-bond donors (Lipinski definition) is 1. The quantitative estimate of drug-likeness (QED) is 0.838. The van der Waals surface area contributed by atoms with E-state index in [0.717, 1.165) is 24.1 Å². The van der Waals surface area contributed by atoms with Crippen molar-refractivity contribution in [3.05, 3.63) is 17.5 Å². The normalized spacial score (nSPS) is 17.1. The third kappa shape index (κ3) is 3.39. The predicted octanol–water partition coefficient (Wildman–Crippen LogP) is 2.07. The lowest BCUT2D eigenvalue weighted by molar-refractivity contribution is -0.146. The maximum Gasteiger partial charge on any atom is 0.327 e. The molecule has 0 amide bonds. The molecule has 0 aromatic carbocycles. The van der Waals surface area contributed by atoms with Gasteiger partial charge in [0, 0.05) is 30.3 Å². The zero-order valence-corrected chi connectivity index (χ0v) is 13.1. The van der Waals surface area contributed by atoms with Gasteiger partial charge in [0.1, 0.15) is 6.04 Å². The Hall–Kier alpha value is -1.36. The van der Waals surface area contributed by atoms with E-state index in [4.69, 9.17) is 4.74 Å². The highest BCUT2D eigenvalue weighted by Crippen LogP contribution is 2.31. The van der Waals surface area contributed by atoms with Crippen LogP contribution in [0.3, 0.4) is 0 Å². The van der Waals surface area contributed by atoms with E-state index >= 15 is 0 Å². The second kappa shape index (κ2) is 5.56. The SMILES string of the molecule is CCOC(=O)C(NC1CC1)c1cn(C)nc1C(C)(C)C. The highest BCUT2D eigenvalue weighted by molar-refractivity contribution is 5.78. The molecule has 0 bridgehead atoms. The van der Waals surface area contributed by atoms with Crippen LogP contribution in [-0.2, 0) is 22.0 Å². The Morgan fingerprint density at radius 3 is 2.70 bits per heavy atom. The molecule has 0 saturated heterocycles. The highest BCUT2D eigenvalue weighted by Gasteiger charge is 2.35. The summed E-state index contributed by atoms with van der Waals surface area (Å²) in [5, 5.41) is 7.93. The van der Waals surface area contributed by atoms with Crippen LogP contribution in [0.25, 0.3) is 0 Å². The molecule has 1 fully saturated rings. The molecule has 20 heavy (non-hydrogen) atoms. The van der Waals surface area contributed by atoms with Crippen LogP contribution in [0.1, 0.15) is 57.8 Å². The van der Waals surface area contributed by atoms with Crippen molar-refractivity contribution in [3.8, 4) is 0 Å². The minimum absolute atomic E-state index is 0.105. The van der Waals surface area contributed by atoms with E-state index in [9.17, 15) is 4.79 Å². The summed E-state index contributed by atoms with van der Waals surface area (Å²) in [4.78, 5) is 12.3. The van der Waals surface area contributed by atoms with Crippen molar-refractivity contribution in [2.75, 3.05) is 6.61 Å². The molecule has 2 rings (SSSR count). The predicted molar refractivity (Wildman–Crippen MR) is 77.4 cm³/mol. The van der Waals surface area contributed by atoms with Gasteiger partial charge in [0.15, 0.2) is 0 Å². The van der Waals surface area contributed by atoms with Gasteiger partial charge >= 0.3 is 5.97 Å². The molecule has 1 N–H and O–H groups in total. The first kappa shape index (κ1) is 15.0. The summed E-state index contributed by atoms with van der Waals surface area (Å²) in [6.45, 7) is 8.56. The van der Waals surface area contributed by atoms with Gasteiger partial charge in [0.25, 0.3) is 0 Å². The molecule has 1 unspecified atom stereocenters. The van der Waals surface area contributed by atoms with Crippen molar-refractivity contribution in [2.24, 2.45) is 7.05 Å². The van der Waals surface area contributed by atoms with Crippen LogP contribution >= 0.6 is 0 Å². The fourth-order valence-corrected chi connectivity index (χ4v) is 2.30. The van der Waals surface area contributed by atoms with E-state index in [0.29, 0.717) is 12.6 Å². The highest BCUT2D eigenvalue weighted by atomic mass is 16.5. The van der Waals surface area contributed by atoms with Crippen LogP contribution in [0, 0.1) is 0 Å². The molecule has 5 nitrogen and oxygen atoms in total. The van der Waals surface area contributed by atoms with Gasteiger partial charge in [-0.1, -0.05) is 20.8 Å². The first-order chi connectivity index (χ1) is 9.32. The molecule has 112 valence electrons. The molecule has 1 aliphatic rings. The van der Waals surface area contributed by atoms with Gasteiger partial charge in [0.2, 0.25) is 0 Å². The zero-order chi connectivity index (χ0) is 14.9. The second-order valence-corrected chi connectivity index (χ2v) is 6.48. The Morgan fingerprint density at radius 2 is 2.20 bits per heavy atom. The number of nitrogens with one attached hydrogen (secondary N) is 1. The van der Waals surface area contributed by atoms with E-state index in [1.54, 1.807) is 4.68 Å². The maximum atomic E-state index is 12.3. The largest absolute Gasteiger partial charge is 0.465 e. The molecule has 1 aliphatic carbocycles. The summed E-state index contributed by atoms with van der Waals surface area (Å²) >= 11 is 0. The summed E-state index contributed by atoms with van der Waals surface area (Å²) < 4.78 is 7.00. The number of carbonyl (C=O) groups excluding carboxylic acids is 1. The Bertz CT molecular complexity index is 484. The number of aromatic nitrogens is 2. The average Bonchev–Trinajstić information content (AvgIpc) is 3.06. The molecule has 0 spiro atoms. The van der Waals surface area contributed by atoms with Gasteiger partial charge in [-0.25, -0.2) is 4.79 Å². The van der Waals surface area contributed by atoms with Crippen LogP contribution in [-0.4, -0.2) is 28.4 Å². The van der Waals surface area contributed by atoms with Crippen LogP contribution in [0.2, 0.25) is 0 Å². The van der Waals surface area contributed by atoms with E-state index in [1.165, 1.54) is 0 Å². The molecule has 1 aromatic heterocycles. The van der Waals surface area contributed by atoms with E-state index in [-0.39, 0.29) is 11.4 Å². The van der Waals surface area contributed by atoms with Crippen molar-refractivity contribution < 1.29 is 9.53 Å². The third-order valence-electron chi connectivity index (χ3n) is 3.38. The van der Waals surface area contributed by atoms with Crippen molar-refractivity contribution in [2.45, 2.75) is 58.0 Å². The summed E-state index contributed by atoms with van der Waals surface area (Å²) in [7, 11) is 1.89. The number of nitrogens with zero attached hydrogens (tertiary/aromatic N) is 2. The number of aryl methyl sites for hydroxylation is 1. The molecule has 1 aromatic rings. The minimum Gasteiger partial charge on any atom is -0.465 e. The molecule has 0 radical (unpaired) electrons. The fraction of sp³-hybridized carbons (Fsp3) is 0.733. The van der Waals surface area contributed by atoms with E-state index in [2.05, 4.69) is 31.2 Å². The van der Waals surface area contributed by atoms with Gasteiger partial charge in [-0.05, 0) is 19.8 Å². The maximum absolute atomic E-state index is 12.3. The van der Waals surface area contributed by atoms with Gasteiger partial charge in [-0.15, -0.1) is 0 Å². The van der Waals surface area contributed by atoms with Gasteiger partial charge in [0.05, 0.1) is 12.3 Å². The second-order valence-electron chi connectivity index (χ2n) is 6.48. The standard InChI is InChI=1S/C15H25N3O2/c1-6-20-14(19)12(16-10-7-8-10)11-9-18(5)17-13(11)15(2,3)4/h9-10,12,16H,6-8H2,1-5H3. The molecular formula is C15H25N3O2. The van der Waals surface area contributed by atoms with E-state index in [1.807, 2.05) is 20.2 Å². The van der Waals surface area contributed by atoms with Crippen LogP contribution in [0.15, 0.2) is 6.20 Å². The molecule has 1 saturated carbocycles. The van der Waals surface area contributed by atoms with E-state index < -0.39 is 6.04 Å². The Morgan fingerprint density at radius 1 is 1.55 bits per heavy atom. The molecule has 1 heterocycles. The lowest BCUT2D eigenvalue weighted by Crippen LogP contribution is -2.33. The fourth-order valence-electron chi connectivity index (χ4n) is 2.30. The Labute approximate surface area is 120 Å². The van der Waals surface area contributed by atoms with Crippen LogP contribution in [0.4, 0.5) is 0 Å². The minimum atomic E-state index is -0.412. The summed E-state index contributed by atoms with van der Waals surface area (Å²) in [6, 6.07) is 0.0165. The van der Waals surface area contributed by atoms with Crippen LogP contribution < -0.4 is 5.32 Å². The summed E-state index contributed by atoms with van der Waals surface area (Å²) in [5.74, 6) is -0.210. The summed E-state index contributed by atoms with van der Waals surface area (Å²) in [6.07, 6.45) is 4.18. The molecule has 1 atom stereocenters. The van der Waals surface area contributed by atoms with Crippen molar-refractivity contribution in [3.63, 3.8) is 0 Å². The zero-order valence-electron chi connectivity index (χ0n) is 13.1. The van der Waals surface area contributed by atoms with Crippen molar-refractivity contribution >= 4 is 5.97 Å². The number of hydrogen-bond acceptors (Lipinski definition) is 4. The van der Waals surface area contributed by atoms with Gasteiger partial charge in [-0.2, -0.15) is 5.10 Å².